The maximum Gasteiger partial charge on any atom is 0.291 e. The van der Waals surface area contributed by atoms with Gasteiger partial charge in [0.05, 0.1) is 38.3 Å². The highest BCUT2D eigenvalue weighted by molar-refractivity contribution is 5.90. The third kappa shape index (κ3) is 3.66. The van der Waals surface area contributed by atoms with Gasteiger partial charge in [0.15, 0.2) is 5.75 Å². The van der Waals surface area contributed by atoms with Crippen molar-refractivity contribution in [1.82, 2.24) is 19.8 Å². The van der Waals surface area contributed by atoms with E-state index < -0.39 is 0 Å². The Morgan fingerprint density at radius 1 is 1.33 bits per heavy atom. The summed E-state index contributed by atoms with van der Waals surface area (Å²) in [6, 6.07) is 0.234. The van der Waals surface area contributed by atoms with E-state index in [1.165, 1.54) is 12.4 Å². The van der Waals surface area contributed by atoms with Crippen LogP contribution in [-0.2, 0) is 9.47 Å². The van der Waals surface area contributed by atoms with Gasteiger partial charge >= 0.3 is 0 Å². The summed E-state index contributed by atoms with van der Waals surface area (Å²) < 4.78 is 16.0. The van der Waals surface area contributed by atoms with Crippen LogP contribution in [0.3, 0.4) is 0 Å². The molecule has 2 atom stereocenters. The second kappa shape index (κ2) is 7.87. The number of hydrogen-bond donors (Lipinski definition) is 0. The Bertz CT molecular complexity index is 554. The summed E-state index contributed by atoms with van der Waals surface area (Å²) in [5.74, 6) is 0.571. The standard InChI is InChI=1S/C16H24N4O4/c1-22-6-3-4-19-5-7-24-14-11-20(10-13(14)19)16(21)15-17-8-12(23-2)9-18-15/h8-9,13-14H,3-7,10-11H2,1-2H3/t13-,14-/m0/s1. The number of nitrogens with zero attached hydrogens (tertiary/aromatic N) is 4. The van der Waals surface area contributed by atoms with E-state index in [0.29, 0.717) is 25.4 Å². The largest absolute Gasteiger partial charge is 0.494 e. The molecule has 8 heteroatoms. The summed E-state index contributed by atoms with van der Waals surface area (Å²) in [6.45, 7) is 4.53. The van der Waals surface area contributed by atoms with Gasteiger partial charge in [-0.15, -0.1) is 0 Å². The molecule has 3 heterocycles. The summed E-state index contributed by atoms with van der Waals surface area (Å²) >= 11 is 0. The van der Waals surface area contributed by atoms with Crippen molar-refractivity contribution in [3.63, 3.8) is 0 Å². The van der Waals surface area contributed by atoms with Crippen molar-refractivity contribution in [2.75, 3.05) is 53.6 Å². The predicted molar refractivity (Wildman–Crippen MR) is 86.1 cm³/mol. The van der Waals surface area contributed by atoms with Crippen molar-refractivity contribution >= 4 is 5.91 Å². The third-order valence-corrected chi connectivity index (χ3v) is 4.55. The fourth-order valence-corrected chi connectivity index (χ4v) is 3.29. The van der Waals surface area contributed by atoms with Crippen LogP contribution in [0.1, 0.15) is 17.0 Å². The van der Waals surface area contributed by atoms with Gasteiger partial charge in [0.2, 0.25) is 5.82 Å². The van der Waals surface area contributed by atoms with Crippen molar-refractivity contribution in [1.29, 1.82) is 0 Å². The third-order valence-electron chi connectivity index (χ3n) is 4.55. The Morgan fingerprint density at radius 2 is 2.12 bits per heavy atom. The Labute approximate surface area is 141 Å². The normalized spacial score (nSPS) is 24.0. The van der Waals surface area contributed by atoms with Gasteiger partial charge in [-0.1, -0.05) is 0 Å². The van der Waals surface area contributed by atoms with E-state index in [1.807, 2.05) is 0 Å². The quantitative estimate of drug-likeness (QED) is 0.679. The van der Waals surface area contributed by atoms with Gasteiger partial charge < -0.3 is 19.1 Å². The molecule has 2 saturated heterocycles. The van der Waals surface area contributed by atoms with Gasteiger partial charge in [-0.25, -0.2) is 9.97 Å². The first-order chi connectivity index (χ1) is 11.7. The number of aromatic nitrogens is 2. The molecule has 2 fully saturated rings. The number of carbonyl (C=O) groups excluding carboxylic acids is 1. The average molecular weight is 336 g/mol. The van der Waals surface area contributed by atoms with Gasteiger partial charge in [0.1, 0.15) is 0 Å². The number of hydrogen-bond acceptors (Lipinski definition) is 7. The fraction of sp³-hybridized carbons (Fsp3) is 0.688. The van der Waals surface area contributed by atoms with Crippen LogP contribution in [0.15, 0.2) is 12.4 Å². The van der Waals surface area contributed by atoms with E-state index in [1.54, 1.807) is 19.1 Å². The first-order valence-corrected chi connectivity index (χ1v) is 8.23. The Hall–Kier alpha value is -1.77. The van der Waals surface area contributed by atoms with E-state index in [9.17, 15) is 4.79 Å². The van der Waals surface area contributed by atoms with E-state index in [-0.39, 0.29) is 23.9 Å². The Balaban J connectivity index is 1.62. The molecule has 0 radical (unpaired) electrons. The second-order valence-corrected chi connectivity index (χ2v) is 6.02. The molecule has 0 saturated carbocycles. The molecule has 132 valence electrons. The molecule has 2 aliphatic rings. The van der Waals surface area contributed by atoms with E-state index in [2.05, 4.69) is 14.9 Å². The zero-order valence-corrected chi connectivity index (χ0v) is 14.2. The van der Waals surface area contributed by atoms with E-state index >= 15 is 0 Å². The van der Waals surface area contributed by atoms with Crippen LogP contribution >= 0.6 is 0 Å². The van der Waals surface area contributed by atoms with Crippen LogP contribution in [0.2, 0.25) is 0 Å². The topological polar surface area (TPSA) is 77.0 Å². The van der Waals surface area contributed by atoms with Crippen LogP contribution in [0.5, 0.6) is 5.75 Å². The second-order valence-electron chi connectivity index (χ2n) is 6.02. The highest BCUT2D eigenvalue weighted by Gasteiger charge is 2.42. The smallest absolute Gasteiger partial charge is 0.291 e. The maximum absolute atomic E-state index is 12.6. The molecule has 1 amide bonds. The minimum Gasteiger partial charge on any atom is -0.494 e. The lowest BCUT2D eigenvalue weighted by atomic mass is 10.1. The van der Waals surface area contributed by atoms with Crippen LogP contribution in [0, 0.1) is 0 Å². The SMILES string of the molecule is COCCCN1CCO[C@H]2CN(C(=O)c3ncc(OC)cn3)C[C@@H]21. The van der Waals surface area contributed by atoms with Gasteiger partial charge in [-0.05, 0) is 6.42 Å². The van der Waals surface area contributed by atoms with E-state index in [0.717, 1.165) is 26.1 Å². The van der Waals surface area contributed by atoms with Crippen LogP contribution < -0.4 is 4.74 Å². The molecular weight excluding hydrogens is 312 g/mol. The number of morpholine rings is 1. The van der Waals surface area contributed by atoms with Gasteiger partial charge in [0, 0.05) is 39.9 Å². The summed E-state index contributed by atoms with van der Waals surface area (Å²) in [4.78, 5) is 25.0. The fourth-order valence-electron chi connectivity index (χ4n) is 3.29. The molecule has 0 unspecified atom stereocenters. The number of ether oxygens (including phenoxy) is 3. The average Bonchev–Trinajstić information content (AvgIpc) is 3.06. The maximum atomic E-state index is 12.6. The lowest BCUT2D eigenvalue weighted by Crippen LogP contribution is -2.51. The predicted octanol–water partition coefficient (Wildman–Crippen LogP) is 0.0469. The van der Waals surface area contributed by atoms with E-state index in [4.69, 9.17) is 14.2 Å². The van der Waals surface area contributed by atoms with Crippen LogP contribution in [0.25, 0.3) is 0 Å². The van der Waals surface area contributed by atoms with Crippen LogP contribution in [-0.4, -0.2) is 91.4 Å². The minimum absolute atomic E-state index is 0.0588. The molecule has 2 aliphatic heterocycles. The van der Waals surface area contributed by atoms with Gasteiger partial charge in [0.25, 0.3) is 5.91 Å². The van der Waals surface area contributed by atoms with Crippen molar-refractivity contribution in [2.45, 2.75) is 18.6 Å². The molecule has 0 aromatic carbocycles. The first kappa shape index (κ1) is 17.1. The summed E-state index contributed by atoms with van der Waals surface area (Å²) in [6.07, 6.45) is 4.06. The lowest BCUT2D eigenvalue weighted by Gasteiger charge is -2.36. The van der Waals surface area contributed by atoms with Crippen molar-refractivity contribution < 1.29 is 19.0 Å². The molecule has 1 aromatic rings. The van der Waals surface area contributed by atoms with Crippen molar-refractivity contribution in [3.8, 4) is 5.75 Å². The molecule has 0 N–H and O–H groups in total. The minimum atomic E-state index is -0.160. The molecule has 24 heavy (non-hydrogen) atoms. The number of methoxy groups -OCH3 is 2. The number of fused-ring (bicyclic) bond motifs is 1. The highest BCUT2D eigenvalue weighted by Crippen LogP contribution is 2.24. The first-order valence-electron chi connectivity index (χ1n) is 8.23. The molecule has 3 rings (SSSR count). The van der Waals surface area contributed by atoms with Crippen molar-refractivity contribution in [2.24, 2.45) is 0 Å². The Kier molecular flexibility index (Phi) is 5.60. The number of rotatable bonds is 6. The van der Waals surface area contributed by atoms with Crippen LogP contribution in [0.4, 0.5) is 0 Å². The molecule has 1 aromatic heterocycles. The van der Waals surface area contributed by atoms with Gasteiger partial charge in [-0.2, -0.15) is 0 Å². The zero-order valence-electron chi connectivity index (χ0n) is 14.2. The molecule has 0 bridgehead atoms. The molecule has 0 aliphatic carbocycles. The molecule has 0 spiro atoms. The number of likely N-dealkylation sites (tertiary alicyclic amines) is 1. The summed E-state index contributed by atoms with van der Waals surface area (Å²) in [7, 11) is 3.26. The monoisotopic (exact) mass is 336 g/mol. The lowest BCUT2D eigenvalue weighted by molar-refractivity contribution is -0.0487. The highest BCUT2D eigenvalue weighted by atomic mass is 16.5. The Morgan fingerprint density at radius 3 is 2.83 bits per heavy atom. The van der Waals surface area contributed by atoms with Crippen molar-refractivity contribution in [3.05, 3.63) is 18.2 Å². The summed E-state index contributed by atoms with van der Waals surface area (Å²) in [5, 5.41) is 0. The number of carbonyl (C=O) groups is 1. The molecule has 8 nitrogen and oxygen atoms in total. The zero-order chi connectivity index (χ0) is 16.9. The number of amides is 1. The van der Waals surface area contributed by atoms with Gasteiger partial charge in [-0.3, -0.25) is 9.69 Å². The molecular formula is C16H24N4O4. The summed E-state index contributed by atoms with van der Waals surface area (Å²) in [5.41, 5.74) is 0.